The topological polar surface area (TPSA) is 73.9 Å². The van der Waals surface area contributed by atoms with Crippen molar-refractivity contribution < 1.29 is 14.3 Å². The van der Waals surface area contributed by atoms with E-state index in [1.807, 2.05) is 25.1 Å². The number of methoxy groups -OCH3 is 1. The van der Waals surface area contributed by atoms with Crippen molar-refractivity contribution in [2.24, 2.45) is 0 Å². The highest BCUT2D eigenvalue weighted by Crippen LogP contribution is 2.25. The summed E-state index contributed by atoms with van der Waals surface area (Å²) in [5.74, 6) is 0.148. The molecule has 1 aliphatic rings. The first-order valence-electron chi connectivity index (χ1n) is 9.83. The molecule has 1 aromatic heterocycles. The average molecular weight is 451 g/mol. The van der Waals surface area contributed by atoms with Crippen LogP contribution in [-0.2, 0) is 16.1 Å². The number of aryl methyl sites for hydroxylation is 1. The van der Waals surface area contributed by atoms with Crippen molar-refractivity contribution in [1.29, 1.82) is 0 Å². The van der Waals surface area contributed by atoms with Gasteiger partial charge < -0.3 is 15.4 Å². The van der Waals surface area contributed by atoms with Gasteiger partial charge in [-0.1, -0.05) is 17.7 Å². The van der Waals surface area contributed by atoms with Crippen molar-refractivity contribution in [3.63, 3.8) is 0 Å². The van der Waals surface area contributed by atoms with Gasteiger partial charge in [0.25, 0.3) is 0 Å². The summed E-state index contributed by atoms with van der Waals surface area (Å²) in [5, 5.41) is 5.48. The molecule has 1 aromatic carbocycles. The van der Waals surface area contributed by atoms with Crippen molar-refractivity contribution in [1.82, 2.24) is 15.1 Å². The summed E-state index contributed by atoms with van der Waals surface area (Å²) in [5.41, 5.74) is 1.61. The van der Waals surface area contributed by atoms with Crippen molar-refractivity contribution in [3.05, 3.63) is 45.1 Å². The highest BCUT2D eigenvalue weighted by atomic mass is 35.5. The number of rotatable bonds is 8. The highest BCUT2D eigenvalue weighted by molar-refractivity contribution is 7.16. The van der Waals surface area contributed by atoms with Gasteiger partial charge in [-0.05, 0) is 36.8 Å². The van der Waals surface area contributed by atoms with E-state index in [1.165, 1.54) is 4.88 Å². The molecule has 1 saturated heterocycles. The predicted octanol–water partition coefficient (Wildman–Crippen LogP) is 2.59. The van der Waals surface area contributed by atoms with Crippen LogP contribution in [0.1, 0.15) is 10.4 Å². The number of hydrogen-bond acceptors (Lipinski definition) is 6. The summed E-state index contributed by atoms with van der Waals surface area (Å²) in [6.07, 6.45) is 0. The largest absolute Gasteiger partial charge is 0.495 e. The highest BCUT2D eigenvalue weighted by Gasteiger charge is 2.20. The summed E-state index contributed by atoms with van der Waals surface area (Å²) in [4.78, 5) is 30.2. The third-order valence-corrected chi connectivity index (χ3v) is 6.13. The number of ether oxygens (including phenoxy) is 1. The van der Waals surface area contributed by atoms with E-state index in [0.717, 1.165) is 42.6 Å². The summed E-state index contributed by atoms with van der Waals surface area (Å²) in [7, 11) is 1.55. The van der Waals surface area contributed by atoms with Gasteiger partial charge in [0, 0.05) is 37.6 Å². The van der Waals surface area contributed by atoms with Crippen molar-refractivity contribution in [2.45, 2.75) is 13.5 Å². The summed E-state index contributed by atoms with van der Waals surface area (Å²) < 4.78 is 6.07. The lowest BCUT2D eigenvalue weighted by atomic mass is 10.2. The van der Waals surface area contributed by atoms with Gasteiger partial charge in [0.05, 0.1) is 30.2 Å². The predicted molar refractivity (Wildman–Crippen MR) is 120 cm³/mol. The molecule has 2 aromatic rings. The van der Waals surface area contributed by atoms with Crippen LogP contribution in [0.2, 0.25) is 4.34 Å². The molecule has 0 bridgehead atoms. The number of thiophene rings is 1. The van der Waals surface area contributed by atoms with Crippen molar-refractivity contribution in [2.75, 3.05) is 51.7 Å². The van der Waals surface area contributed by atoms with Crippen LogP contribution in [0.5, 0.6) is 5.75 Å². The summed E-state index contributed by atoms with van der Waals surface area (Å²) in [6, 6.07) is 9.53. The fourth-order valence-electron chi connectivity index (χ4n) is 3.31. The standard InChI is InChI=1S/C21H27ClN4O3S/c1-15-3-5-18(29-2)17(11-15)24-20(27)12-23-21(28)14-26-9-7-25(8-10-26)13-16-4-6-19(22)30-16/h3-6,11H,7-10,12-14H2,1-2H3,(H,23,28)(H,24,27). The van der Waals surface area contributed by atoms with Gasteiger partial charge in [-0.25, -0.2) is 0 Å². The minimum absolute atomic E-state index is 0.0744. The first kappa shape index (κ1) is 22.6. The second-order valence-electron chi connectivity index (χ2n) is 7.29. The first-order valence-corrected chi connectivity index (χ1v) is 11.0. The molecule has 9 heteroatoms. The van der Waals surface area contributed by atoms with Gasteiger partial charge in [-0.15, -0.1) is 11.3 Å². The molecule has 1 aliphatic heterocycles. The van der Waals surface area contributed by atoms with Gasteiger partial charge in [-0.2, -0.15) is 0 Å². The summed E-state index contributed by atoms with van der Waals surface area (Å²) >= 11 is 7.60. The minimum Gasteiger partial charge on any atom is -0.495 e. The van der Waals surface area contributed by atoms with Gasteiger partial charge in [0.15, 0.2) is 0 Å². The number of nitrogens with zero attached hydrogens (tertiary/aromatic N) is 2. The maximum absolute atomic E-state index is 12.2. The molecule has 30 heavy (non-hydrogen) atoms. The lowest BCUT2D eigenvalue weighted by Crippen LogP contribution is -2.49. The molecule has 7 nitrogen and oxygen atoms in total. The SMILES string of the molecule is COc1ccc(C)cc1NC(=O)CNC(=O)CN1CCN(Cc2ccc(Cl)s2)CC1. The number of piperazine rings is 1. The molecule has 2 N–H and O–H groups in total. The number of anilines is 1. The van der Waals surface area contributed by atoms with E-state index in [-0.39, 0.29) is 18.4 Å². The van der Waals surface area contributed by atoms with Gasteiger partial charge in [0.2, 0.25) is 11.8 Å². The molecule has 0 radical (unpaired) electrons. The Hall–Kier alpha value is -2.13. The van der Waals surface area contributed by atoms with E-state index in [2.05, 4.69) is 26.5 Å². The zero-order valence-electron chi connectivity index (χ0n) is 17.2. The quantitative estimate of drug-likeness (QED) is 0.646. The molecule has 3 rings (SSSR count). The molecule has 0 aliphatic carbocycles. The molecule has 0 atom stereocenters. The van der Waals surface area contributed by atoms with E-state index in [4.69, 9.17) is 16.3 Å². The molecule has 0 spiro atoms. The molecular formula is C21H27ClN4O3S. The van der Waals surface area contributed by atoms with E-state index in [0.29, 0.717) is 18.0 Å². The van der Waals surface area contributed by atoms with E-state index < -0.39 is 0 Å². The second kappa shape index (κ2) is 10.8. The number of carbonyl (C=O) groups excluding carboxylic acids is 2. The summed E-state index contributed by atoms with van der Waals surface area (Å²) in [6.45, 7) is 6.48. The number of benzene rings is 1. The Kier molecular flexibility index (Phi) is 8.09. The monoisotopic (exact) mass is 450 g/mol. The molecule has 0 saturated carbocycles. The Morgan fingerprint density at radius 1 is 1.10 bits per heavy atom. The van der Waals surface area contributed by atoms with Crippen LogP contribution in [0.3, 0.4) is 0 Å². The normalized spacial score (nSPS) is 15.0. The fourth-order valence-corrected chi connectivity index (χ4v) is 4.44. The molecule has 1 fully saturated rings. The fraction of sp³-hybridized carbons (Fsp3) is 0.429. The van der Waals surface area contributed by atoms with Crippen LogP contribution in [-0.4, -0.2) is 68.0 Å². The molecular weight excluding hydrogens is 424 g/mol. The molecule has 2 heterocycles. The molecule has 0 unspecified atom stereocenters. The first-order chi connectivity index (χ1) is 14.4. The molecule has 162 valence electrons. The zero-order valence-corrected chi connectivity index (χ0v) is 18.8. The maximum Gasteiger partial charge on any atom is 0.243 e. The number of carbonyl (C=O) groups is 2. The average Bonchev–Trinajstić information content (AvgIpc) is 3.13. The van der Waals surface area contributed by atoms with E-state index in [1.54, 1.807) is 24.5 Å². The third-order valence-electron chi connectivity index (χ3n) is 4.92. The van der Waals surface area contributed by atoms with E-state index in [9.17, 15) is 9.59 Å². The number of nitrogens with one attached hydrogen (secondary N) is 2. The Morgan fingerprint density at radius 3 is 2.50 bits per heavy atom. The van der Waals surface area contributed by atoms with Crippen LogP contribution < -0.4 is 15.4 Å². The number of hydrogen-bond donors (Lipinski definition) is 2. The van der Waals surface area contributed by atoms with Crippen LogP contribution in [0.4, 0.5) is 5.69 Å². The Balaban J connectivity index is 1.37. The van der Waals surface area contributed by atoms with Gasteiger partial charge >= 0.3 is 0 Å². The van der Waals surface area contributed by atoms with Crippen LogP contribution >= 0.6 is 22.9 Å². The van der Waals surface area contributed by atoms with Crippen LogP contribution in [0.15, 0.2) is 30.3 Å². The number of halogens is 1. The van der Waals surface area contributed by atoms with Crippen LogP contribution in [0, 0.1) is 6.92 Å². The maximum atomic E-state index is 12.2. The third kappa shape index (κ3) is 6.70. The molecule has 2 amide bonds. The smallest absolute Gasteiger partial charge is 0.243 e. The lowest BCUT2D eigenvalue weighted by Gasteiger charge is -2.34. The Morgan fingerprint density at radius 2 is 1.83 bits per heavy atom. The van der Waals surface area contributed by atoms with Gasteiger partial charge in [-0.3, -0.25) is 19.4 Å². The minimum atomic E-state index is -0.285. The number of amides is 2. The van der Waals surface area contributed by atoms with Crippen LogP contribution in [0.25, 0.3) is 0 Å². The van der Waals surface area contributed by atoms with Crippen molar-refractivity contribution in [3.8, 4) is 5.75 Å². The van der Waals surface area contributed by atoms with E-state index >= 15 is 0 Å². The zero-order chi connectivity index (χ0) is 21.5. The second-order valence-corrected chi connectivity index (χ2v) is 9.09. The van der Waals surface area contributed by atoms with Crippen molar-refractivity contribution >= 4 is 40.4 Å². The Bertz CT molecular complexity index is 881. The Labute approximate surface area is 185 Å². The van der Waals surface area contributed by atoms with Gasteiger partial charge in [0.1, 0.15) is 5.75 Å². The lowest BCUT2D eigenvalue weighted by molar-refractivity contribution is -0.125.